The summed E-state index contributed by atoms with van der Waals surface area (Å²) in [5, 5.41) is 20.3. The molecule has 8 N–H and O–H groups in total. The maximum absolute atomic E-state index is 14.7. The molecule has 60 heavy (non-hydrogen) atoms. The fourth-order valence-electron chi connectivity index (χ4n) is 7.52. The van der Waals surface area contributed by atoms with Crippen molar-refractivity contribution in [3.8, 4) is 11.1 Å². The molecule has 324 valence electrons. The highest BCUT2D eigenvalue weighted by atomic mass is 35.5. The highest BCUT2D eigenvalue weighted by molar-refractivity contribution is 5.99. The first-order valence-corrected chi connectivity index (χ1v) is 19.3. The molecule has 0 radical (unpaired) electrons. The molecule has 12 nitrogen and oxygen atoms in total. The number of rotatable bonds is 14. The topological polar surface area (TPSA) is 191 Å². The summed E-state index contributed by atoms with van der Waals surface area (Å²) in [5.74, 6) is -24.8. The molecule has 2 heterocycles. The number of imidazole rings is 1. The number of aromatic nitrogens is 2. The number of anilines is 1. The molecule has 1 aliphatic carbocycles. The Morgan fingerprint density at radius 3 is 2.18 bits per heavy atom. The monoisotopic (exact) mass is 865 g/mol. The molecule has 0 spiro atoms. The van der Waals surface area contributed by atoms with Crippen molar-refractivity contribution in [2.24, 2.45) is 17.6 Å². The van der Waals surface area contributed by atoms with Gasteiger partial charge in [0.2, 0.25) is 11.8 Å². The number of fused-ring (bicyclic) bond motifs is 1. The van der Waals surface area contributed by atoms with Gasteiger partial charge in [-0.1, -0.05) is 30.3 Å². The van der Waals surface area contributed by atoms with Crippen LogP contribution < -0.4 is 27.0 Å². The van der Waals surface area contributed by atoms with Crippen LogP contribution in [0.3, 0.4) is 0 Å². The van der Waals surface area contributed by atoms with Crippen LogP contribution in [0.4, 0.5) is 32.0 Å². The SMILES string of the molecule is Cc1cc(C(=O)NC2CCNCC2)ccc1-c1ccc(C[C@H](NC(=O)C2CCC(CN)CC2)C(=O)Nc2ccc3[nH]c(C(F)(F)C(F)(F)C(F)(F)C(=O)O)nc3c2)cc1.Cl. The van der Waals surface area contributed by atoms with E-state index in [0.29, 0.717) is 36.4 Å². The molecule has 1 aliphatic heterocycles. The van der Waals surface area contributed by atoms with Gasteiger partial charge in [-0.3, -0.25) is 14.4 Å². The average molecular weight is 866 g/mol. The normalized spacial score (nSPS) is 18.3. The number of benzene rings is 3. The van der Waals surface area contributed by atoms with Gasteiger partial charge in [0.05, 0.1) is 11.0 Å². The van der Waals surface area contributed by atoms with Crippen LogP contribution in [-0.2, 0) is 26.7 Å². The molecule has 0 bridgehead atoms. The van der Waals surface area contributed by atoms with Gasteiger partial charge in [-0.15, -0.1) is 12.4 Å². The van der Waals surface area contributed by atoms with E-state index in [1.165, 1.54) is 6.07 Å². The van der Waals surface area contributed by atoms with Crippen molar-refractivity contribution in [3.63, 3.8) is 0 Å². The molecule has 3 amide bonds. The van der Waals surface area contributed by atoms with E-state index in [0.717, 1.165) is 67.6 Å². The molecule has 19 heteroatoms. The summed E-state index contributed by atoms with van der Waals surface area (Å²) in [4.78, 5) is 56.1. The zero-order chi connectivity index (χ0) is 42.7. The largest absolute Gasteiger partial charge is 0.477 e. The fourth-order valence-corrected chi connectivity index (χ4v) is 7.52. The minimum absolute atomic E-state index is 0. The molecule has 6 rings (SSSR count). The van der Waals surface area contributed by atoms with Crippen molar-refractivity contribution in [1.29, 1.82) is 0 Å². The van der Waals surface area contributed by atoms with Crippen LogP contribution in [0.1, 0.15) is 65.8 Å². The molecule has 2 aliphatic rings. The van der Waals surface area contributed by atoms with Crippen molar-refractivity contribution < 1.29 is 50.6 Å². The minimum atomic E-state index is -6.36. The van der Waals surface area contributed by atoms with Crippen molar-refractivity contribution >= 4 is 52.8 Å². The quantitative estimate of drug-likeness (QED) is 0.0717. The summed E-state index contributed by atoms with van der Waals surface area (Å²) in [7, 11) is 0. The van der Waals surface area contributed by atoms with E-state index < -0.39 is 47.0 Å². The van der Waals surface area contributed by atoms with Gasteiger partial charge in [-0.2, -0.15) is 26.3 Å². The molecule has 1 saturated carbocycles. The Kier molecular flexibility index (Phi) is 14.2. The predicted molar refractivity (Wildman–Crippen MR) is 214 cm³/mol. The third kappa shape index (κ3) is 9.71. The Labute approximate surface area is 347 Å². The Balaban J connectivity index is 0.00000683. The number of hydrogen-bond acceptors (Lipinski definition) is 7. The molecule has 1 aromatic heterocycles. The van der Waals surface area contributed by atoms with Crippen LogP contribution in [0.5, 0.6) is 0 Å². The number of amides is 3. The smallest absolute Gasteiger partial charge is 0.411 e. The number of carbonyl (C=O) groups is 4. The Morgan fingerprint density at radius 1 is 0.900 bits per heavy atom. The number of nitrogens with two attached hydrogens (primary N) is 1. The van der Waals surface area contributed by atoms with E-state index >= 15 is 0 Å². The summed E-state index contributed by atoms with van der Waals surface area (Å²) >= 11 is 0. The number of carbonyl (C=O) groups excluding carboxylic acids is 3. The lowest BCUT2D eigenvalue weighted by molar-refractivity contribution is -0.310. The average Bonchev–Trinajstić information content (AvgIpc) is 3.65. The standard InChI is InChI=1S/C41H45F6N7O5.ClH/c1-22-18-27(35(56)50-28-14-16-49-17-15-28)10-12-30(22)25-6-2-23(3-7-25)19-33(52-34(55)26-8-4-24(21-48)5-9-26)36(57)51-29-11-13-31-32(20-29)54-37(53-31)39(42,43)41(46,47)40(44,45)38(58)59;/h2-3,6-7,10-13,18,20,24,26,28,33,49H,4-5,8-9,14-17,19,21,48H2,1H3,(H,50,56)(H,51,57)(H,52,55)(H,53,54)(H,58,59);1H/t24?,26?,33-;/m0./s1. The first-order valence-electron chi connectivity index (χ1n) is 19.3. The second-order valence-electron chi connectivity index (χ2n) is 15.3. The van der Waals surface area contributed by atoms with Gasteiger partial charge in [0.25, 0.3) is 5.91 Å². The maximum Gasteiger partial charge on any atom is 0.411 e. The molecule has 0 unspecified atom stereocenters. The number of nitrogens with zero attached hydrogens (tertiary/aromatic N) is 1. The number of hydrogen-bond donors (Lipinski definition) is 7. The third-order valence-corrected chi connectivity index (χ3v) is 11.2. The maximum atomic E-state index is 14.7. The molecule has 2 fully saturated rings. The molecule has 3 aromatic carbocycles. The summed E-state index contributed by atoms with van der Waals surface area (Å²) < 4.78 is 85.2. The Bertz CT molecular complexity index is 2190. The van der Waals surface area contributed by atoms with E-state index in [1.54, 1.807) is 18.2 Å². The molecule has 4 aromatic rings. The first-order chi connectivity index (χ1) is 27.9. The summed E-state index contributed by atoms with van der Waals surface area (Å²) in [6.45, 7) is 4.11. The van der Waals surface area contributed by atoms with Gasteiger partial charge in [-0.05, 0) is 124 Å². The van der Waals surface area contributed by atoms with Crippen molar-refractivity contribution in [2.75, 3.05) is 25.0 Å². The lowest BCUT2D eigenvalue weighted by Gasteiger charge is -2.28. The van der Waals surface area contributed by atoms with Gasteiger partial charge < -0.3 is 37.1 Å². The van der Waals surface area contributed by atoms with Crippen molar-refractivity contribution in [1.82, 2.24) is 25.9 Å². The predicted octanol–water partition coefficient (Wildman–Crippen LogP) is 6.32. The van der Waals surface area contributed by atoms with Gasteiger partial charge in [0.1, 0.15) is 6.04 Å². The molecule has 1 saturated heterocycles. The zero-order valence-electron chi connectivity index (χ0n) is 32.4. The van der Waals surface area contributed by atoms with Crippen LogP contribution in [0.2, 0.25) is 0 Å². The van der Waals surface area contributed by atoms with Crippen LogP contribution in [-0.4, -0.2) is 82.3 Å². The lowest BCUT2D eigenvalue weighted by Crippen LogP contribution is -2.56. The number of halogens is 7. The van der Waals surface area contributed by atoms with E-state index in [9.17, 15) is 45.5 Å². The highest BCUT2D eigenvalue weighted by Gasteiger charge is 2.77. The number of aryl methyl sites for hydroxylation is 1. The second kappa shape index (κ2) is 18.6. The van der Waals surface area contributed by atoms with Gasteiger partial charge in [0.15, 0.2) is 5.82 Å². The molecule has 1 atom stereocenters. The second-order valence-corrected chi connectivity index (χ2v) is 15.3. The van der Waals surface area contributed by atoms with Crippen LogP contribution in [0, 0.1) is 18.8 Å². The fraction of sp³-hybridized carbons (Fsp3) is 0.439. The minimum Gasteiger partial charge on any atom is -0.477 e. The van der Waals surface area contributed by atoms with Crippen LogP contribution >= 0.6 is 12.4 Å². The number of nitrogens with one attached hydrogen (secondary N) is 5. The van der Waals surface area contributed by atoms with Gasteiger partial charge in [-0.25, -0.2) is 9.78 Å². The Morgan fingerprint density at radius 2 is 1.57 bits per heavy atom. The molecular weight excluding hydrogens is 820 g/mol. The first kappa shape index (κ1) is 45.9. The van der Waals surface area contributed by atoms with Crippen molar-refractivity contribution in [2.45, 2.75) is 81.7 Å². The number of aliphatic carboxylic acids is 1. The van der Waals surface area contributed by atoms with Gasteiger partial charge in [0, 0.05) is 29.6 Å². The third-order valence-electron chi connectivity index (χ3n) is 11.2. The zero-order valence-corrected chi connectivity index (χ0v) is 33.3. The summed E-state index contributed by atoms with van der Waals surface area (Å²) in [6.07, 6.45) is 4.41. The number of carboxylic acid groups (broad SMARTS) is 1. The Hall–Kier alpha value is -5.20. The van der Waals surface area contributed by atoms with E-state index in [-0.39, 0.29) is 53.8 Å². The van der Waals surface area contributed by atoms with E-state index in [2.05, 4.69) is 26.3 Å². The number of H-pyrrole nitrogens is 1. The number of alkyl halides is 6. The summed E-state index contributed by atoms with van der Waals surface area (Å²) in [5.41, 5.74) is 8.88. The lowest BCUT2D eigenvalue weighted by atomic mass is 9.81. The number of aromatic amines is 1. The van der Waals surface area contributed by atoms with Crippen LogP contribution in [0.15, 0.2) is 60.7 Å². The van der Waals surface area contributed by atoms with Gasteiger partial charge >= 0.3 is 23.7 Å². The number of piperidine rings is 1. The van der Waals surface area contributed by atoms with E-state index in [4.69, 9.17) is 10.8 Å². The van der Waals surface area contributed by atoms with Crippen molar-refractivity contribution in [3.05, 3.63) is 83.2 Å². The number of carboxylic acids is 1. The summed E-state index contributed by atoms with van der Waals surface area (Å²) in [6, 6.07) is 15.1. The molecular formula is C41H46ClF6N7O5. The van der Waals surface area contributed by atoms with E-state index in [1.807, 2.05) is 36.2 Å². The van der Waals surface area contributed by atoms with Crippen LogP contribution in [0.25, 0.3) is 22.2 Å². The highest BCUT2D eigenvalue weighted by Crippen LogP contribution is 2.50.